The lowest BCUT2D eigenvalue weighted by Crippen LogP contribution is -2.32. The molecule has 2 aromatic rings. The number of quaternary nitrogens is 1. The lowest BCUT2D eigenvalue weighted by molar-refractivity contribution is 0.0696. The van der Waals surface area contributed by atoms with Gasteiger partial charge in [-0.25, -0.2) is 13.2 Å². The van der Waals surface area contributed by atoms with Crippen molar-refractivity contribution < 1.29 is 18.3 Å². The van der Waals surface area contributed by atoms with Crippen molar-refractivity contribution in [2.24, 2.45) is 0 Å². The molecular formula is C22H26NO4S+. The van der Waals surface area contributed by atoms with Crippen molar-refractivity contribution in [1.82, 2.24) is 4.48 Å². The second-order valence-electron chi connectivity index (χ2n) is 7.98. The third kappa shape index (κ3) is 2.70. The van der Waals surface area contributed by atoms with Gasteiger partial charge in [0.15, 0.2) is 15.9 Å². The summed E-state index contributed by atoms with van der Waals surface area (Å²) in [7, 11) is -3.57. The van der Waals surface area contributed by atoms with Crippen LogP contribution in [0.2, 0.25) is 0 Å². The summed E-state index contributed by atoms with van der Waals surface area (Å²) in [5, 5.41) is 9.64. The molecule has 1 fully saturated rings. The van der Waals surface area contributed by atoms with E-state index in [0.29, 0.717) is 10.0 Å². The summed E-state index contributed by atoms with van der Waals surface area (Å²) in [6, 6.07) is 9.53. The monoisotopic (exact) mass is 400 g/mol. The third-order valence-corrected chi connectivity index (χ3v) is 7.98. The van der Waals surface area contributed by atoms with E-state index >= 15 is 0 Å². The lowest BCUT2D eigenvalue weighted by atomic mass is 9.90. The number of hydrogen-bond acceptors (Lipinski definition) is 3. The van der Waals surface area contributed by atoms with Crippen LogP contribution in [0.25, 0.3) is 11.1 Å². The number of rotatable bonds is 6. The molecule has 0 saturated carbocycles. The normalized spacial score (nSPS) is 22.2. The molecule has 2 unspecified atom stereocenters. The Morgan fingerprint density at radius 2 is 1.96 bits per heavy atom. The number of aromatic carboxylic acids is 1. The van der Waals surface area contributed by atoms with E-state index < -0.39 is 15.8 Å². The fourth-order valence-corrected chi connectivity index (χ4v) is 5.78. The minimum atomic E-state index is -3.57. The number of carboxylic acid groups (broad SMARTS) is 1. The molecule has 0 spiro atoms. The molecular weight excluding hydrogens is 374 g/mol. The van der Waals surface area contributed by atoms with E-state index in [-0.39, 0.29) is 22.3 Å². The van der Waals surface area contributed by atoms with E-state index in [2.05, 4.69) is 19.9 Å². The third-order valence-electron chi connectivity index (χ3n) is 6.23. The Balaban J connectivity index is 2.09. The number of carbonyl (C=O) groups is 1. The van der Waals surface area contributed by atoms with Gasteiger partial charge in [-0.15, -0.1) is 0 Å². The maximum absolute atomic E-state index is 13.0. The summed E-state index contributed by atoms with van der Waals surface area (Å²) in [6.07, 6.45) is 2.06. The highest BCUT2D eigenvalue weighted by Crippen LogP contribution is 2.60. The number of aryl methyl sites for hydroxylation is 1. The molecule has 0 amide bonds. The number of hydrogen-bond donors (Lipinski definition) is 1. The van der Waals surface area contributed by atoms with Crippen LogP contribution >= 0.6 is 0 Å². The van der Waals surface area contributed by atoms with Crippen molar-refractivity contribution in [1.29, 1.82) is 0 Å². The van der Waals surface area contributed by atoms with Crippen molar-refractivity contribution in [3.8, 4) is 11.1 Å². The Morgan fingerprint density at radius 1 is 1.21 bits per heavy atom. The Morgan fingerprint density at radius 3 is 2.61 bits per heavy atom. The van der Waals surface area contributed by atoms with Crippen molar-refractivity contribution >= 4 is 21.5 Å². The molecule has 28 heavy (non-hydrogen) atoms. The van der Waals surface area contributed by atoms with Crippen LogP contribution in [-0.2, 0) is 9.84 Å². The first-order chi connectivity index (χ1) is 13.2. The second-order valence-corrected chi connectivity index (χ2v) is 10.2. The Hall–Kier alpha value is -2.18. The van der Waals surface area contributed by atoms with Crippen molar-refractivity contribution in [3.63, 3.8) is 0 Å². The number of fused-ring (bicyclic) bond motifs is 6. The molecule has 148 valence electrons. The molecule has 0 bridgehead atoms. The maximum Gasteiger partial charge on any atom is 0.335 e. The zero-order valence-corrected chi connectivity index (χ0v) is 17.3. The molecule has 2 atom stereocenters. The fourth-order valence-electron chi connectivity index (χ4n) is 4.63. The predicted molar refractivity (Wildman–Crippen MR) is 110 cm³/mol. The van der Waals surface area contributed by atoms with E-state index in [1.54, 1.807) is 13.0 Å². The minimum Gasteiger partial charge on any atom is -0.478 e. The first-order valence-electron chi connectivity index (χ1n) is 9.87. The van der Waals surface area contributed by atoms with Crippen LogP contribution in [0.3, 0.4) is 0 Å². The highest BCUT2D eigenvalue weighted by Gasteiger charge is 2.62. The Labute approximate surface area is 166 Å². The molecule has 0 radical (unpaired) electrons. The standard InChI is InChI=1S/C22H25NO4S/c1-4-6-9-23-13-19(23)17-10-14(3)7-8-16(17)21-18(23)11-15(22(24)25)12-20(21)28(26,27)5-2/h7-8,10-12,19H,4-6,9,13H2,1-3H3/p+1. The van der Waals surface area contributed by atoms with Crippen LogP contribution in [0, 0.1) is 6.92 Å². The number of carboxylic acids is 1. The molecule has 2 aromatic carbocycles. The summed E-state index contributed by atoms with van der Waals surface area (Å²) in [6.45, 7) is 7.60. The topological polar surface area (TPSA) is 71.4 Å². The molecule has 2 heterocycles. The van der Waals surface area contributed by atoms with Crippen LogP contribution in [0.4, 0.5) is 5.69 Å². The fraction of sp³-hybridized carbons (Fsp3) is 0.409. The SMILES string of the molecule is CCCC[N+]12CC1c1cc(C)ccc1-c1c2cc(C(=O)O)cc1S(=O)(=O)CC. The van der Waals surface area contributed by atoms with Gasteiger partial charge in [0.1, 0.15) is 12.2 Å². The van der Waals surface area contributed by atoms with E-state index in [1.165, 1.54) is 11.6 Å². The van der Waals surface area contributed by atoms with Gasteiger partial charge in [0.25, 0.3) is 0 Å². The van der Waals surface area contributed by atoms with E-state index in [4.69, 9.17) is 0 Å². The molecule has 1 N–H and O–H groups in total. The van der Waals surface area contributed by atoms with Gasteiger partial charge in [-0.05, 0) is 31.0 Å². The molecule has 1 saturated heterocycles. The van der Waals surface area contributed by atoms with Crippen LogP contribution in [-0.4, -0.2) is 38.3 Å². The quantitative estimate of drug-likeness (QED) is 0.579. The van der Waals surface area contributed by atoms with Gasteiger partial charge in [-0.3, -0.25) is 4.48 Å². The summed E-state index contributed by atoms with van der Waals surface area (Å²) >= 11 is 0. The number of sulfone groups is 1. The second kappa shape index (κ2) is 6.42. The zero-order chi connectivity index (χ0) is 20.3. The van der Waals surface area contributed by atoms with E-state index in [0.717, 1.165) is 42.7 Å². The predicted octanol–water partition coefficient (Wildman–Crippen LogP) is 4.33. The molecule has 0 aromatic heterocycles. The van der Waals surface area contributed by atoms with Gasteiger partial charge >= 0.3 is 5.97 Å². The van der Waals surface area contributed by atoms with Crippen LogP contribution in [0.15, 0.2) is 35.2 Å². The number of unbranched alkanes of at least 4 members (excludes halogenated alkanes) is 1. The van der Waals surface area contributed by atoms with Gasteiger partial charge in [-0.1, -0.05) is 38.0 Å². The molecule has 5 nitrogen and oxygen atoms in total. The summed E-state index contributed by atoms with van der Waals surface area (Å²) in [5.41, 5.74) is 4.93. The Kier molecular flexibility index (Phi) is 4.39. The largest absolute Gasteiger partial charge is 0.478 e. The highest BCUT2D eigenvalue weighted by molar-refractivity contribution is 7.91. The average molecular weight is 401 g/mol. The van der Waals surface area contributed by atoms with Crippen molar-refractivity contribution in [3.05, 3.63) is 47.0 Å². The molecule has 6 heteroatoms. The molecule has 0 aliphatic carbocycles. The highest BCUT2D eigenvalue weighted by atomic mass is 32.2. The van der Waals surface area contributed by atoms with Gasteiger partial charge in [0, 0.05) is 11.6 Å². The molecule has 2 aliphatic rings. The van der Waals surface area contributed by atoms with Crippen LogP contribution < -0.4 is 4.48 Å². The smallest absolute Gasteiger partial charge is 0.335 e. The first kappa shape index (κ1) is 19.2. The van der Waals surface area contributed by atoms with Crippen molar-refractivity contribution in [2.45, 2.75) is 44.6 Å². The lowest BCUT2D eigenvalue weighted by Gasteiger charge is -2.30. The number of benzene rings is 2. The summed E-state index contributed by atoms with van der Waals surface area (Å²) < 4.78 is 26.6. The van der Waals surface area contributed by atoms with Gasteiger partial charge < -0.3 is 5.11 Å². The number of nitrogens with zero attached hydrogens (tertiary/aromatic N) is 1. The van der Waals surface area contributed by atoms with E-state index in [9.17, 15) is 18.3 Å². The maximum atomic E-state index is 13.0. The molecule has 2 aliphatic heterocycles. The van der Waals surface area contributed by atoms with Gasteiger partial charge in [-0.2, -0.15) is 0 Å². The Bertz CT molecular complexity index is 1090. The summed E-state index contributed by atoms with van der Waals surface area (Å²) in [5.74, 6) is -1.14. The van der Waals surface area contributed by atoms with Crippen LogP contribution in [0.5, 0.6) is 0 Å². The van der Waals surface area contributed by atoms with Crippen LogP contribution in [0.1, 0.15) is 54.2 Å². The zero-order valence-electron chi connectivity index (χ0n) is 16.5. The summed E-state index contributed by atoms with van der Waals surface area (Å²) in [4.78, 5) is 11.9. The van der Waals surface area contributed by atoms with Crippen molar-refractivity contribution in [2.75, 3.05) is 18.8 Å². The van der Waals surface area contributed by atoms with E-state index in [1.807, 2.05) is 12.1 Å². The van der Waals surface area contributed by atoms with Gasteiger partial charge in [0.05, 0.1) is 28.3 Å². The minimum absolute atomic E-state index is 0.0535. The van der Waals surface area contributed by atoms with Gasteiger partial charge in [0.2, 0.25) is 0 Å². The average Bonchev–Trinajstić information content (AvgIpc) is 3.42. The molecule has 4 rings (SSSR count). The first-order valence-corrected chi connectivity index (χ1v) is 11.5.